The highest BCUT2D eigenvalue weighted by atomic mass is 16.5. The quantitative estimate of drug-likeness (QED) is 0.0709. The number of aromatic nitrogens is 1. The zero-order valence-electron chi connectivity index (χ0n) is 29.2. The molecule has 1 amide bonds. The topological polar surface area (TPSA) is 121 Å². The predicted molar refractivity (Wildman–Crippen MR) is 195 cm³/mol. The van der Waals surface area contributed by atoms with Crippen LogP contribution < -0.4 is 15.4 Å². The van der Waals surface area contributed by atoms with Crippen molar-refractivity contribution in [1.82, 2.24) is 15.6 Å². The van der Waals surface area contributed by atoms with Gasteiger partial charge in [-0.3, -0.25) is 9.59 Å². The smallest absolute Gasteiger partial charge is 0.255 e. The van der Waals surface area contributed by atoms with Gasteiger partial charge in [0.15, 0.2) is 0 Å². The third-order valence-corrected chi connectivity index (χ3v) is 6.89. The molecule has 0 radical (unpaired) electrons. The number of aldehydes is 1. The number of amides is 1. The van der Waals surface area contributed by atoms with Crippen LogP contribution >= 0.6 is 0 Å². The van der Waals surface area contributed by atoms with E-state index in [1.54, 1.807) is 49.4 Å². The molecule has 1 aromatic heterocycles. The molecule has 0 aliphatic heterocycles. The fourth-order valence-corrected chi connectivity index (χ4v) is 4.60. The van der Waals surface area contributed by atoms with Gasteiger partial charge in [-0.15, -0.1) is 0 Å². The fraction of sp³-hybridized carbons (Fsp3) is 0.375. The van der Waals surface area contributed by atoms with Crippen LogP contribution in [-0.2, 0) is 11.2 Å². The van der Waals surface area contributed by atoms with Gasteiger partial charge < -0.3 is 30.3 Å². The molecule has 0 bridgehead atoms. The van der Waals surface area contributed by atoms with E-state index in [9.17, 15) is 19.5 Å². The zero-order valence-corrected chi connectivity index (χ0v) is 29.2. The first-order chi connectivity index (χ1) is 23.1. The Hall–Kier alpha value is -4.71. The SMILES string of the molecule is CC(C)Oc1ccc(C#Cc2ccc(C=O)cc2)cc1C(=O)NC(CO)Cc1c[nH]c2ccccc12.CCC.CNCCCCC(C)=O. The maximum absolute atomic E-state index is 13.3. The summed E-state index contributed by atoms with van der Waals surface area (Å²) in [6, 6.07) is 19.6. The summed E-state index contributed by atoms with van der Waals surface area (Å²) in [5.74, 6) is 6.53. The lowest BCUT2D eigenvalue weighted by Crippen LogP contribution is -2.39. The summed E-state index contributed by atoms with van der Waals surface area (Å²) in [5, 5.41) is 17.1. The first kappa shape index (κ1) is 39.5. The molecule has 1 atom stereocenters. The van der Waals surface area contributed by atoms with Gasteiger partial charge in [-0.1, -0.05) is 62.4 Å². The highest BCUT2D eigenvalue weighted by Crippen LogP contribution is 2.23. The van der Waals surface area contributed by atoms with Gasteiger partial charge >= 0.3 is 0 Å². The minimum atomic E-state index is -0.477. The number of ether oxygens (including phenoxy) is 1. The number of hydrogen-bond acceptors (Lipinski definition) is 6. The summed E-state index contributed by atoms with van der Waals surface area (Å²) in [6.45, 7) is 10.5. The van der Waals surface area contributed by atoms with Crippen LogP contribution in [0.25, 0.3) is 10.9 Å². The minimum absolute atomic E-state index is 0.121. The summed E-state index contributed by atoms with van der Waals surface area (Å²) >= 11 is 0. The minimum Gasteiger partial charge on any atom is -0.490 e. The van der Waals surface area contributed by atoms with E-state index < -0.39 is 6.04 Å². The van der Waals surface area contributed by atoms with Crippen LogP contribution in [0.4, 0.5) is 0 Å². The number of fused-ring (bicyclic) bond motifs is 1. The van der Waals surface area contributed by atoms with Crippen LogP contribution in [0, 0.1) is 11.8 Å². The number of carbonyl (C=O) groups is 3. The van der Waals surface area contributed by atoms with Crippen molar-refractivity contribution in [2.45, 2.75) is 78.9 Å². The molecular formula is C40H51N3O5. The Bertz CT molecular complexity index is 1630. The molecule has 4 N–H and O–H groups in total. The first-order valence-corrected chi connectivity index (χ1v) is 16.6. The number of carbonyl (C=O) groups excluding carboxylic acids is 3. The fourth-order valence-electron chi connectivity index (χ4n) is 4.60. The number of nitrogens with one attached hydrogen (secondary N) is 3. The van der Waals surface area contributed by atoms with Crippen LogP contribution in [0.3, 0.4) is 0 Å². The van der Waals surface area contributed by atoms with E-state index in [1.165, 1.54) is 6.42 Å². The number of unbranched alkanes of at least 4 members (excludes halogenated alkanes) is 1. The third-order valence-electron chi connectivity index (χ3n) is 6.89. The molecule has 1 heterocycles. The van der Waals surface area contributed by atoms with Gasteiger partial charge in [0.2, 0.25) is 0 Å². The lowest BCUT2D eigenvalue weighted by atomic mass is 10.0. The number of para-hydroxylation sites is 1. The van der Waals surface area contributed by atoms with Crippen molar-refractivity contribution >= 4 is 28.9 Å². The molecule has 0 saturated heterocycles. The largest absolute Gasteiger partial charge is 0.490 e. The standard InChI is InChI=1S/C30H28N2O4.C7H15NO.C3H8/c1-20(2)36-29-14-13-22(10-7-21-8-11-23(18-33)12-9-21)15-27(29)30(35)32-25(19-34)16-24-17-31-28-6-4-3-5-26(24)28;1-7(9)5-3-4-6-8-2;1-3-2/h3-6,8-9,11-15,17-18,20,25,31,34H,16,19H2,1-2H3,(H,32,35);8H,3-6H2,1-2H3;3H2,1-2H3. The number of ketones is 1. The Balaban J connectivity index is 0.000000572. The van der Waals surface area contributed by atoms with Gasteiger partial charge in [0.1, 0.15) is 17.8 Å². The molecule has 256 valence electrons. The number of aliphatic hydroxyl groups excluding tert-OH is 1. The number of benzene rings is 3. The molecule has 48 heavy (non-hydrogen) atoms. The van der Waals surface area contributed by atoms with Crippen molar-refractivity contribution in [2.75, 3.05) is 20.2 Å². The number of aliphatic hydroxyl groups is 1. The maximum atomic E-state index is 13.3. The molecule has 3 aromatic carbocycles. The second-order valence-electron chi connectivity index (χ2n) is 11.8. The summed E-state index contributed by atoms with van der Waals surface area (Å²) in [7, 11) is 1.92. The van der Waals surface area contributed by atoms with Crippen molar-refractivity contribution in [3.05, 3.63) is 101 Å². The number of hydrogen-bond donors (Lipinski definition) is 4. The van der Waals surface area contributed by atoms with Crippen molar-refractivity contribution in [1.29, 1.82) is 0 Å². The Morgan fingerprint density at radius 2 is 1.65 bits per heavy atom. The van der Waals surface area contributed by atoms with E-state index in [2.05, 4.69) is 41.3 Å². The highest BCUT2D eigenvalue weighted by Gasteiger charge is 2.19. The van der Waals surface area contributed by atoms with Gasteiger partial charge in [-0.2, -0.15) is 0 Å². The van der Waals surface area contributed by atoms with Gasteiger partial charge in [0.05, 0.1) is 24.3 Å². The van der Waals surface area contributed by atoms with E-state index in [4.69, 9.17) is 4.74 Å². The van der Waals surface area contributed by atoms with Crippen molar-refractivity contribution < 1.29 is 24.2 Å². The Morgan fingerprint density at radius 1 is 0.979 bits per heavy atom. The summed E-state index contributed by atoms with van der Waals surface area (Å²) in [5.41, 5.74) is 4.37. The molecule has 0 spiro atoms. The monoisotopic (exact) mass is 653 g/mol. The van der Waals surface area contributed by atoms with E-state index in [0.717, 1.165) is 54.1 Å². The van der Waals surface area contributed by atoms with Crippen LogP contribution in [0.2, 0.25) is 0 Å². The van der Waals surface area contributed by atoms with Gasteiger partial charge in [-0.25, -0.2) is 0 Å². The number of H-pyrrole nitrogens is 1. The molecule has 8 nitrogen and oxygen atoms in total. The molecule has 0 aliphatic rings. The number of aromatic amines is 1. The Morgan fingerprint density at radius 3 is 2.27 bits per heavy atom. The van der Waals surface area contributed by atoms with Crippen molar-refractivity contribution in [3.63, 3.8) is 0 Å². The van der Waals surface area contributed by atoms with Crippen LogP contribution in [0.1, 0.15) is 97.7 Å². The molecule has 0 aliphatic carbocycles. The van der Waals surface area contributed by atoms with Crippen molar-refractivity contribution in [3.8, 4) is 17.6 Å². The highest BCUT2D eigenvalue weighted by molar-refractivity contribution is 5.97. The lowest BCUT2D eigenvalue weighted by molar-refractivity contribution is -0.117. The number of Topliss-reactive ketones (excluding diaryl/α,β-unsaturated/α-hetero) is 1. The third kappa shape index (κ3) is 14.0. The van der Waals surface area contributed by atoms with E-state index in [-0.39, 0.29) is 18.6 Å². The zero-order chi connectivity index (χ0) is 35.3. The predicted octanol–water partition coefficient (Wildman–Crippen LogP) is 6.88. The average molecular weight is 654 g/mol. The molecule has 0 saturated carbocycles. The van der Waals surface area contributed by atoms with Crippen LogP contribution in [0.5, 0.6) is 5.75 Å². The Kier molecular flexibility index (Phi) is 18.1. The van der Waals surface area contributed by atoms with Gasteiger partial charge in [0, 0.05) is 40.2 Å². The van der Waals surface area contributed by atoms with Crippen LogP contribution in [0.15, 0.2) is 72.9 Å². The summed E-state index contributed by atoms with van der Waals surface area (Å²) in [6.07, 6.45) is 7.17. The second kappa shape index (κ2) is 22.0. The maximum Gasteiger partial charge on any atom is 0.255 e. The van der Waals surface area contributed by atoms with Gasteiger partial charge in [-0.05, 0) is 95.6 Å². The molecular weight excluding hydrogens is 602 g/mol. The van der Waals surface area contributed by atoms with E-state index in [1.807, 2.05) is 51.4 Å². The second-order valence-corrected chi connectivity index (χ2v) is 11.8. The van der Waals surface area contributed by atoms with E-state index in [0.29, 0.717) is 34.6 Å². The summed E-state index contributed by atoms with van der Waals surface area (Å²) in [4.78, 5) is 37.8. The number of rotatable bonds is 13. The molecule has 8 heteroatoms. The molecule has 0 fully saturated rings. The lowest BCUT2D eigenvalue weighted by Gasteiger charge is -2.19. The first-order valence-electron chi connectivity index (χ1n) is 16.6. The van der Waals surface area contributed by atoms with Gasteiger partial charge in [0.25, 0.3) is 5.91 Å². The van der Waals surface area contributed by atoms with Crippen LogP contribution in [-0.4, -0.2) is 60.4 Å². The molecule has 4 aromatic rings. The summed E-state index contributed by atoms with van der Waals surface area (Å²) < 4.78 is 5.88. The molecule has 4 rings (SSSR count). The average Bonchev–Trinajstić information content (AvgIpc) is 3.49. The van der Waals surface area contributed by atoms with Crippen molar-refractivity contribution in [2.24, 2.45) is 0 Å². The normalized spacial score (nSPS) is 10.8. The van der Waals surface area contributed by atoms with E-state index >= 15 is 0 Å². The Labute approximate surface area is 285 Å². The molecule has 1 unspecified atom stereocenters.